The fourth-order valence-corrected chi connectivity index (χ4v) is 5.72. The number of carbonyl (C=O) groups excluding carboxylic acids is 2. The summed E-state index contributed by atoms with van der Waals surface area (Å²) in [4.78, 5) is 28.2. The summed E-state index contributed by atoms with van der Waals surface area (Å²) in [7, 11) is 0. The Morgan fingerprint density at radius 1 is 0.875 bits per heavy atom. The number of aliphatic hydroxyl groups is 1. The summed E-state index contributed by atoms with van der Waals surface area (Å²) in [6.07, 6.45) is 9.36. The van der Waals surface area contributed by atoms with Crippen LogP contribution in [-0.4, -0.2) is 27.7 Å². The van der Waals surface area contributed by atoms with Gasteiger partial charge in [-0.05, 0) is 73.4 Å². The van der Waals surface area contributed by atoms with Gasteiger partial charge in [0.2, 0.25) is 0 Å². The first-order chi connectivity index (χ1) is 15.5. The topological polar surface area (TPSA) is 57.6 Å². The quantitative estimate of drug-likeness (QED) is 0.356. The van der Waals surface area contributed by atoms with E-state index in [2.05, 4.69) is 6.07 Å². The van der Waals surface area contributed by atoms with E-state index < -0.39 is 17.7 Å². The van der Waals surface area contributed by atoms with Crippen molar-refractivity contribution in [3.8, 4) is 0 Å². The van der Waals surface area contributed by atoms with Crippen molar-refractivity contribution in [2.75, 3.05) is 0 Å². The molecule has 5 heteroatoms. The average molecular weight is 450 g/mol. The molecule has 1 heterocycles. The molecule has 1 amide bonds. The molecule has 1 N–H and O–H groups in total. The second-order valence-corrected chi connectivity index (χ2v) is 9.68. The summed E-state index contributed by atoms with van der Waals surface area (Å²) in [5.74, 6) is -1.17. The maximum absolute atomic E-state index is 13.3. The summed E-state index contributed by atoms with van der Waals surface area (Å²) in [5, 5.41) is 12.0. The maximum Gasteiger partial charge on any atom is 0.295 e. The van der Waals surface area contributed by atoms with Gasteiger partial charge in [-0.3, -0.25) is 9.59 Å². The van der Waals surface area contributed by atoms with E-state index in [-0.39, 0.29) is 17.4 Å². The third-order valence-corrected chi connectivity index (χ3v) is 7.51. The smallest absolute Gasteiger partial charge is 0.295 e. The number of aryl methyl sites for hydroxylation is 2. The molecule has 166 valence electrons. The normalized spacial score (nSPS) is 23.4. The third-order valence-electron chi connectivity index (χ3n) is 7.26. The molecule has 1 atom stereocenters. The zero-order valence-corrected chi connectivity index (χ0v) is 18.9. The second-order valence-electron chi connectivity index (χ2n) is 9.24. The Labute approximate surface area is 193 Å². The third kappa shape index (κ3) is 3.75. The predicted octanol–water partition coefficient (Wildman–Crippen LogP) is 5.97. The number of likely N-dealkylation sites (tertiary alicyclic amines) is 1. The molecule has 2 aromatic carbocycles. The number of hydrogen-bond acceptors (Lipinski definition) is 3. The maximum atomic E-state index is 13.3. The van der Waals surface area contributed by atoms with Crippen LogP contribution in [0.2, 0.25) is 5.02 Å². The van der Waals surface area contributed by atoms with Gasteiger partial charge in [0.15, 0.2) is 0 Å². The van der Waals surface area contributed by atoms with E-state index in [0.717, 1.165) is 56.9 Å². The molecule has 0 radical (unpaired) electrons. The average Bonchev–Trinajstić information content (AvgIpc) is 3.09. The summed E-state index contributed by atoms with van der Waals surface area (Å²) >= 11 is 6.11. The lowest BCUT2D eigenvalue weighted by atomic mass is 9.88. The molecular weight excluding hydrogens is 422 g/mol. The zero-order valence-electron chi connectivity index (χ0n) is 18.1. The van der Waals surface area contributed by atoms with E-state index >= 15 is 0 Å². The highest BCUT2D eigenvalue weighted by Crippen LogP contribution is 2.43. The number of benzene rings is 2. The van der Waals surface area contributed by atoms with Gasteiger partial charge in [-0.2, -0.15) is 0 Å². The zero-order chi connectivity index (χ0) is 22.2. The van der Waals surface area contributed by atoms with Gasteiger partial charge in [-0.15, -0.1) is 0 Å². The van der Waals surface area contributed by atoms with E-state index in [1.54, 1.807) is 17.0 Å². The van der Waals surface area contributed by atoms with Crippen LogP contribution in [-0.2, 0) is 22.4 Å². The van der Waals surface area contributed by atoms with E-state index in [1.807, 2.05) is 24.3 Å². The van der Waals surface area contributed by atoms with Crippen LogP contribution in [0.3, 0.4) is 0 Å². The first-order valence-electron chi connectivity index (χ1n) is 11.7. The molecular formula is C27H28ClNO3. The van der Waals surface area contributed by atoms with Crippen LogP contribution >= 0.6 is 11.6 Å². The summed E-state index contributed by atoms with van der Waals surface area (Å²) < 4.78 is 0. The van der Waals surface area contributed by atoms with Crippen LogP contribution in [0.25, 0.3) is 5.76 Å². The Morgan fingerprint density at radius 2 is 1.56 bits per heavy atom. The van der Waals surface area contributed by atoms with Crippen molar-refractivity contribution in [2.45, 2.75) is 69.9 Å². The van der Waals surface area contributed by atoms with Crippen molar-refractivity contribution in [3.05, 3.63) is 75.3 Å². The molecule has 32 heavy (non-hydrogen) atoms. The van der Waals surface area contributed by atoms with Crippen molar-refractivity contribution in [3.63, 3.8) is 0 Å². The predicted molar refractivity (Wildman–Crippen MR) is 126 cm³/mol. The number of carbonyl (C=O) groups is 2. The molecule has 1 aliphatic heterocycles. The Morgan fingerprint density at radius 3 is 2.28 bits per heavy atom. The van der Waals surface area contributed by atoms with Gasteiger partial charge >= 0.3 is 0 Å². The molecule has 4 nitrogen and oxygen atoms in total. The van der Waals surface area contributed by atoms with Crippen molar-refractivity contribution < 1.29 is 14.7 Å². The minimum atomic E-state index is -0.592. The molecule has 1 saturated carbocycles. The van der Waals surface area contributed by atoms with Crippen molar-refractivity contribution in [2.24, 2.45) is 0 Å². The van der Waals surface area contributed by atoms with E-state index in [9.17, 15) is 14.7 Å². The van der Waals surface area contributed by atoms with Gasteiger partial charge in [-0.1, -0.05) is 55.1 Å². The number of amides is 1. The van der Waals surface area contributed by atoms with Gasteiger partial charge in [0.1, 0.15) is 5.76 Å². The van der Waals surface area contributed by atoms with Gasteiger partial charge in [0, 0.05) is 16.6 Å². The second kappa shape index (κ2) is 8.74. The van der Waals surface area contributed by atoms with Gasteiger partial charge < -0.3 is 10.0 Å². The number of halogens is 1. The van der Waals surface area contributed by atoms with Crippen LogP contribution < -0.4 is 0 Å². The Balaban J connectivity index is 1.63. The lowest BCUT2D eigenvalue weighted by Crippen LogP contribution is -2.40. The van der Waals surface area contributed by atoms with Crippen molar-refractivity contribution in [1.82, 2.24) is 4.90 Å². The van der Waals surface area contributed by atoms with E-state index in [0.29, 0.717) is 10.6 Å². The SMILES string of the molecule is O=C1C(=O)N(C2CCCCC2)C(c2ccc(Cl)cc2)/C1=C(/O)c1ccc2c(c1)CCCC2. The van der Waals surface area contributed by atoms with Crippen molar-refractivity contribution in [1.29, 1.82) is 0 Å². The van der Waals surface area contributed by atoms with Gasteiger partial charge in [0.05, 0.1) is 11.6 Å². The first-order valence-corrected chi connectivity index (χ1v) is 12.1. The Hall–Kier alpha value is -2.59. The molecule has 5 rings (SSSR count). The number of ketones is 1. The number of nitrogens with zero attached hydrogens (tertiary/aromatic N) is 1. The lowest BCUT2D eigenvalue weighted by Gasteiger charge is -2.35. The number of hydrogen-bond donors (Lipinski definition) is 1. The van der Waals surface area contributed by atoms with Crippen LogP contribution in [0.4, 0.5) is 0 Å². The van der Waals surface area contributed by atoms with Crippen LogP contribution in [0, 0.1) is 0 Å². The van der Waals surface area contributed by atoms with E-state index in [4.69, 9.17) is 11.6 Å². The largest absolute Gasteiger partial charge is 0.507 e. The number of fused-ring (bicyclic) bond motifs is 1. The summed E-state index contributed by atoms with van der Waals surface area (Å²) in [6, 6.07) is 12.6. The molecule has 2 fully saturated rings. The molecule has 0 bridgehead atoms. The van der Waals surface area contributed by atoms with Gasteiger partial charge in [-0.25, -0.2) is 0 Å². The van der Waals surface area contributed by atoms with Crippen molar-refractivity contribution >= 4 is 29.1 Å². The van der Waals surface area contributed by atoms with Crippen LogP contribution in [0.15, 0.2) is 48.0 Å². The van der Waals surface area contributed by atoms with E-state index in [1.165, 1.54) is 17.5 Å². The van der Waals surface area contributed by atoms with Crippen LogP contribution in [0.5, 0.6) is 0 Å². The molecule has 0 spiro atoms. The molecule has 1 unspecified atom stereocenters. The molecule has 2 aromatic rings. The standard InChI is InChI=1S/C27H28ClNO3/c28-21-14-12-18(13-15-21)24-23(26(31)27(32)29(24)22-8-2-1-3-9-22)25(30)20-11-10-17-6-4-5-7-19(17)16-20/h10-16,22,24,30H,1-9H2/b25-23-. The fourth-order valence-electron chi connectivity index (χ4n) is 5.59. The van der Waals surface area contributed by atoms with Crippen LogP contribution in [0.1, 0.15) is 73.2 Å². The number of aliphatic hydroxyl groups excluding tert-OH is 1. The monoisotopic (exact) mass is 449 g/mol. The number of rotatable bonds is 3. The molecule has 1 saturated heterocycles. The minimum Gasteiger partial charge on any atom is -0.507 e. The molecule has 3 aliphatic rings. The molecule has 2 aliphatic carbocycles. The Kier molecular flexibility index (Phi) is 5.81. The summed E-state index contributed by atoms with van der Waals surface area (Å²) in [6.45, 7) is 0. The highest BCUT2D eigenvalue weighted by molar-refractivity contribution is 6.46. The highest BCUT2D eigenvalue weighted by atomic mass is 35.5. The highest BCUT2D eigenvalue weighted by Gasteiger charge is 2.48. The summed E-state index contributed by atoms with van der Waals surface area (Å²) in [5.41, 5.74) is 4.15. The molecule has 0 aromatic heterocycles. The fraction of sp³-hybridized carbons (Fsp3) is 0.407. The Bertz CT molecular complexity index is 1080. The minimum absolute atomic E-state index is 0.00899. The van der Waals surface area contributed by atoms with Gasteiger partial charge in [0.25, 0.3) is 11.7 Å². The first kappa shape index (κ1) is 21.3. The lowest BCUT2D eigenvalue weighted by molar-refractivity contribution is -0.141. The number of Topliss-reactive ketones (excluding diaryl/α,β-unsaturated/α-hetero) is 1.